The Kier molecular flexibility index (Phi) is 21.2. The zero-order valence-electron chi connectivity index (χ0n) is 9.60. The number of nitrogens with one attached hydrogen (secondary N) is 1. The molecule has 0 unspecified atom stereocenters. The SMILES string of the molecule is CCCCCCNCC.CCCO. The topological polar surface area (TPSA) is 32.3 Å². The third-order valence-corrected chi connectivity index (χ3v) is 1.68. The molecule has 0 bridgehead atoms. The molecule has 82 valence electrons. The van der Waals surface area contributed by atoms with Crippen LogP contribution in [0.1, 0.15) is 52.9 Å². The summed E-state index contributed by atoms with van der Waals surface area (Å²) in [5, 5.41) is 11.2. The number of aliphatic hydroxyl groups excluding tert-OH is 1. The van der Waals surface area contributed by atoms with Gasteiger partial charge in [0.1, 0.15) is 0 Å². The zero-order chi connectivity index (χ0) is 10.4. The highest BCUT2D eigenvalue weighted by Crippen LogP contribution is 1.96. The van der Waals surface area contributed by atoms with E-state index < -0.39 is 0 Å². The second-order valence-corrected chi connectivity index (χ2v) is 3.14. The normalized spacial score (nSPS) is 9.23. The lowest BCUT2D eigenvalue weighted by atomic mass is 10.2. The Morgan fingerprint density at radius 1 is 0.923 bits per heavy atom. The van der Waals surface area contributed by atoms with Gasteiger partial charge >= 0.3 is 0 Å². The number of aliphatic hydroxyl groups is 1. The second kappa shape index (κ2) is 17.9. The van der Waals surface area contributed by atoms with Crippen molar-refractivity contribution in [1.29, 1.82) is 0 Å². The monoisotopic (exact) mass is 189 g/mol. The molecule has 13 heavy (non-hydrogen) atoms. The predicted molar refractivity (Wildman–Crippen MR) is 60.1 cm³/mol. The van der Waals surface area contributed by atoms with Crippen LogP contribution in [0, 0.1) is 0 Å². The van der Waals surface area contributed by atoms with Crippen molar-refractivity contribution in [2.75, 3.05) is 19.7 Å². The molecule has 0 aromatic rings. The van der Waals surface area contributed by atoms with E-state index in [2.05, 4.69) is 19.2 Å². The van der Waals surface area contributed by atoms with Crippen molar-refractivity contribution in [3.8, 4) is 0 Å². The molecule has 0 aromatic heterocycles. The van der Waals surface area contributed by atoms with Crippen LogP contribution in [0.3, 0.4) is 0 Å². The van der Waals surface area contributed by atoms with E-state index in [1.807, 2.05) is 6.92 Å². The first-order valence-electron chi connectivity index (χ1n) is 5.64. The average molecular weight is 189 g/mol. The minimum absolute atomic E-state index is 0.319. The van der Waals surface area contributed by atoms with Gasteiger partial charge in [0.05, 0.1) is 0 Å². The summed E-state index contributed by atoms with van der Waals surface area (Å²) in [4.78, 5) is 0. The fraction of sp³-hybridized carbons (Fsp3) is 1.00. The predicted octanol–water partition coefficient (Wildman–Crippen LogP) is 2.56. The first-order chi connectivity index (χ1) is 6.33. The first kappa shape index (κ1) is 15.4. The maximum atomic E-state index is 7.88. The molecule has 0 aromatic carbocycles. The van der Waals surface area contributed by atoms with Crippen LogP contribution in [0.4, 0.5) is 0 Å². The molecule has 2 nitrogen and oxygen atoms in total. The molecule has 0 amide bonds. The van der Waals surface area contributed by atoms with Crippen LogP contribution in [-0.2, 0) is 0 Å². The van der Waals surface area contributed by atoms with Gasteiger partial charge in [-0.05, 0) is 25.9 Å². The number of hydrogen-bond acceptors (Lipinski definition) is 2. The fourth-order valence-electron chi connectivity index (χ4n) is 0.854. The minimum Gasteiger partial charge on any atom is -0.396 e. The average Bonchev–Trinajstić information content (AvgIpc) is 2.18. The summed E-state index contributed by atoms with van der Waals surface area (Å²) >= 11 is 0. The van der Waals surface area contributed by atoms with Crippen molar-refractivity contribution in [3.63, 3.8) is 0 Å². The molecule has 0 heterocycles. The summed E-state index contributed by atoms with van der Waals surface area (Å²) in [7, 11) is 0. The quantitative estimate of drug-likeness (QED) is 0.603. The van der Waals surface area contributed by atoms with E-state index in [1.54, 1.807) is 0 Å². The van der Waals surface area contributed by atoms with Gasteiger partial charge in [-0.1, -0.05) is 40.0 Å². The van der Waals surface area contributed by atoms with Crippen LogP contribution in [0.15, 0.2) is 0 Å². The van der Waals surface area contributed by atoms with Gasteiger partial charge in [-0.2, -0.15) is 0 Å². The van der Waals surface area contributed by atoms with Crippen LogP contribution >= 0.6 is 0 Å². The molecule has 0 rings (SSSR count). The van der Waals surface area contributed by atoms with Gasteiger partial charge in [-0.3, -0.25) is 0 Å². The Labute approximate surface area is 83.7 Å². The lowest BCUT2D eigenvalue weighted by Gasteiger charge is -1.98. The summed E-state index contributed by atoms with van der Waals surface area (Å²) in [5.41, 5.74) is 0. The van der Waals surface area contributed by atoms with E-state index in [0.29, 0.717) is 6.61 Å². The van der Waals surface area contributed by atoms with Crippen molar-refractivity contribution in [1.82, 2.24) is 5.32 Å². The molecule has 0 aliphatic heterocycles. The van der Waals surface area contributed by atoms with Gasteiger partial charge in [-0.25, -0.2) is 0 Å². The van der Waals surface area contributed by atoms with Crippen LogP contribution in [0.25, 0.3) is 0 Å². The molecular weight excluding hydrogens is 162 g/mol. The lowest BCUT2D eigenvalue weighted by molar-refractivity contribution is 0.295. The van der Waals surface area contributed by atoms with Crippen molar-refractivity contribution < 1.29 is 5.11 Å². The Hall–Kier alpha value is -0.0800. The molecule has 0 aliphatic rings. The smallest absolute Gasteiger partial charge is 0.0428 e. The van der Waals surface area contributed by atoms with Gasteiger partial charge in [0.15, 0.2) is 0 Å². The maximum Gasteiger partial charge on any atom is 0.0428 e. The Balaban J connectivity index is 0. The standard InChI is InChI=1S/C8H19N.C3H8O/c1-3-5-6-7-8-9-4-2;1-2-3-4/h9H,3-8H2,1-2H3;4H,2-3H2,1H3. The highest BCUT2D eigenvalue weighted by atomic mass is 16.2. The molecule has 0 saturated carbocycles. The number of rotatable bonds is 7. The molecule has 2 heteroatoms. The van der Waals surface area contributed by atoms with Crippen molar-refractivity contribution in [3.05, 3.63) is 0 Å². The highest BCUT2D eigenvalue weighted by molar-refractivity contribution is 4.44. The number of unbranched alkanes of at least 4 members (excludes halogenated alkanes) is 3. The van der Waals surface area contributed by atoms with Gasteiger partial charge < -0.3 is 10.4 Å². The largest absolute Gasteiger partial charge is 0.396 e. The van der Waals surface area contributed by atoms with E-state index in [0.717, 1.165) is 13.0 Å². The highest BCUT2D eigenvalue weighted by Gasteiger charge is 1.84. The van der Waals surface area contributed by atoms with Crippen LogP contribution in [-0.4, -0.2) is 24.8 Å². The van der Waals surface area contributed by atoms with Gasteiger partial charge in [0.2, 0.25) is 0 Å². The molecule has 0 saturated heterocycles. The van der Waals surface area contributed by atoms with Crippen molar-refractivity contribution in [2.24, 2.45) is 0 Å². The Morgan fingerprint density at radius 2 is 1.54 bits per heavy atom. The molecule has 0 radical (unpaired) electrons. The van der Waals surface area contributed by atoms with Gasteiger partial charge in [-0.15, -0.1) is 0 Å². The summed E-state index contributed by atoms with van der Waals surface area (Å²) in [5.74, 6) is 0. The summed E-state index contributed by atoms with van der Waals surface area (Å²) in [6, 6.07) is 0. The molecular formula is C11H27NO. The van der Waals surface area contributed by atoms with Crippen molar-refractivity contribution >= 4 is 0 Å². The second-order valence-electron chi connectivity index (χ2n) is 3.14. The fourth-order valence-corrected chi connectivity index (χ4v) is 0.854. The Morgan fingerprint density at radius 3 is 1.92 bits per heavy atom. The van der Waals surface area contributed by atoms with Crippen molar-refractivity contribution in [2.45, 2.75) is 52.9 Å². The first-order valence-corrected chi connectivity index (χ1v) is 5.64. The summed E-state index contributed by atoms with van der Waals surface area (Å²) in [6.45, 7) is 8.97. The molecule has 0 spiro atoms. The maximum absolute atomic E-state index is 7.88. The van der Waals surface area contributed by atoms with E-state index in [4.69, 9.17) is 5.11 Å². The van der Waals surface area contributed by atoms with E-state index in [1.165, 1.54) is 32.2 Å². The van der Waals surface area contributed by atoms with Gasteiger partial charge in [0, 0.05) is 6.61 Å². The summed E-state index contributed by atoms with van der Waals surface area (Å²) in [6.07, 6.45) is 6.35. The van der Waals surface area contributed by atoms with E-state index in [9.17, 15) is 0 Å². The Bertz CT molecular complexity index is 59.1. The molecule has 2 N–H and O–H groups in total. The molecule has 0 aliphatic carbocycles. The van der Waals surface area contributed by atoms with Crippen LogP contribution in [0.2, 0.25) is 0 Å². The third kappa shape index (κ3) is 24.5. The zero-order valence-corrected chi connectivity index (χ0v) is 9.60. The molecule has 0 atom stereocenters. The van der Waals surface area contributed by atoms with Crippen LogP contribution in [0.5, 0.6) is 0 Å². The number of hydrogen-bond donors (Lipinski definition) is 2. The minimum atomic E-state index is 0.319. The van der Waals surface area contributed by atoms with E-state index in [-0.39, 0.29) is 0 Å². The van der Waals surface area contributed by atoms with Gasteiger partial charge in [0.25, 0.3) is 0 Å². The summed E-state index contributed by atoms with van der Waals surface area (Å²) < 4.78 is 0. The lowest BCUT2D eigenvalue weighted by Crippen LogP contribution is -2.13. The third-order valence-electron chi connectivity index (χ3n) is 1.68. The van der Waals surface area contributed by atoms with E-state index >= 15 is 0 Å². The molecule has 0 fully saturated rings. The van der Waals surface area contributed by atoms with Crippen LogP contribution < -0.4 is 5.32 Å².